The zero-order chi connectivity index (χ0) is 13.0. The number of halogens is 2. The van der Waals surface area contributed by atoms with Gasteiger partial charge in [-0.25, -0.2) is 4.79 Å². The van der Waals surface area contributed by atoms with E-state index in [0.717, 1.165) is 5.56 Å². The van der Waals surface area contributed by atoms with Crippen LogP contribution in [0.25, 0.3) is 0 Å². The van der Waals surface area contributed by atoms with Gasteiger partial charge in [-0.15, -0.1) is 0 Å². The molecular weight excluding hydrogens is 273 g/mol. The Balaban J connectivity index is 2.06. The van der Waals surface area contributed by atoms with Crippen LogP contribution in [-0.2, 0) is 11.3 Å². The van der Waals surface area contributed by atoms with Gasteiger partial charge >= 0.3 is 5.97 Å². The van der Waals surface area contributed by atoms with Crippen LogP contribution in [0, 0.1) is 0 Å². The van der Waals surface area contributed by atoms with E-state index in [1.165, 1.54) is 18.5 Å². The maximum Gasteiger partial charge on any atom is 0.341 e. The summed E-state index contributed by atoms with van der Waals surface area (Å²) in [6, 6.07) is 8.70. The van der Waals surface area contributed by atoms with E-state index in [1.54, 1.807) is 12.1 Å². The van der Waals surface area contributed by atoms with Crippen molar-refractivity contribution in [2.24, 2.45) is 0 Å². The van der Waals surface area contributed by atoms with Crippen molar-refractivity contribution in [2.45, 2.75) is 6.61 Å². The number of nitrogens with zero attached hydrogens (tertiary/aromatic N) is 1. The summed E-state index contributed by atoms with van der Waals surface area (Å²) in [7, 11) is 0. The molecule has 0 fully saturated rings. The lowest BCUT2D eigenvalue weighted by Gasteiger charge is -2.07. The van der Waals surface area contributed by atoms with E-state index in [1.807, 2.05) is 12.1 Å². The lowest BCUT2D eigenvalue weighted by Crippen LogP contribution is -2.06. The Morgan fingerprint density at radius 2 is 1.94 bits per heavy atom. The van der Waals surface area contributed by atoms with E-state index < -0.39 is 5.97 Å². The van der Waals surface area contributed by atoms with E-state index in [0.29, 0.717) is 10.0 Å². The second kappa shape index (κ2) is 5.85. The van der Waals surface area contributed by atoms with Gasteiger partial charge in [0.05, 0.1) is 10.6 Å². The predicted molar refractivity (Wildman–Crippen MR) is 69.8 cm³/mol. The van der Waals surface area contributed by atoms with Crippen molar-refractivity contribution in [3.63, 3.8) is 0 Å². The number of hydrogen-bond donors (Lipinski definition) is 0. The van der Waals surface area contributed by atoms with Gasteiger partial charge < -0.3 is 4.74 Å². The highest BCUT2D eigenvalue weighted by atomic mass is 35.5. The van der Waals surface area contributed by atoms with E-state index in [4.69, 9.17) is 27.9 Å². The zero-order valence-electron chi connectivity index (χ0n) is 9.27. The minimum absolute atomic E-state index is 0.101. The number of hydrogen-bond acceptors (Lipinski definition) is 3. The first-order valence-corrected chi connectivity index (χ1v) is 5.94. The molecular formula is C13H9Cl2NO2. The molecule has 0 aliphatic heterocycles. The smallest absolute Gasteiger partial charge is 0.341 e. The third-order valence-corrected chi connectivity index (χ3v) is 3.00. The second-order valence-electron chi connectivity index (χ2n) is 3.52. The SMILES string of the molecule is O=C(OCc1ccccc1Cl)c1cnccc1Cl. The second-order valence-corrected chi connectivity index (χ2v) is 4.34. The molecule has 2 rings (SSSR count). The van der Waals surface area contributed by atoms with Gasteiger partial charge in [0.2, 0.25) is 0 Å². The van der Waals surface area contributed by atoms with Crippen LogP contribution < -0.4 is 0 Å². The minimum atomic E-state index is -0.520. The number of aromatic nitrogens is 1. The molecule has 5 heteroatoms. The first-order valence-electron chi connectivity index (χ1n) is 5.18. The van der Waals surface area contributed by atoms with Crippen LogP contribution in [0.5, 0.6) is 0 Å². The molecule has 1 aromatic carbocycles. The maximum absolute atomic E-state index is 11.8. The van der Waals surface area contributed by atoms with Gasteiger partial charge in [-0.05, 0) is 12.1 Å². The Morgan fingerprint density at radius 3 is 2.67 bits per heavy atom. The number of esters is 1. The van der Waals surface area contributed by atoms with Crippen LogP contribution in [0.3, 0.4) is 0 Å². The Hall–Kier alpha value is -1.58. The van der Waals surface area contributed by atoms with Gasteiger partial charge in [-0.3, -0.25) is 4.98 Å². The average molecular weight is 282 g/mol. The molecule has 3 nitrogen and oxygen atoms in total. The molecule has 0 N–H and O–H groups in total. The summed E-state index contributed by atoms with van der Waals surface area (Å²) in [6.45, 7) is 0.101. The van der Waals surface area contributed by atoms with Crippen molar-refractivity contribution in [3.8, 4) is 0 Å². The van der Waals surface area contributed by atoms with Crippen molar-refractivity contribution >= 4 is 29.2 Å². The Morgan fingerprint density at radius 1 is 1.17 bits per heavy atom. The number of pyridine rings is 1. The summed E-state index contributed by atoms with van der Waals surface area (Å²) in [5.74, 6) is -0.520. The first kappa shape index (κ1) is 12.9. The molecule has 18 heavy (non-hydrogen) atoms. The van der Waals surface area contributed by atoms with Gasteiger partial charge in [-0.2, -0.15) is 0 Å². The Labute approximate surface area is 114 Å². The number of rotatable bonds is 3. The first-order chi connectivity index (χ1) is 8.68. The van der Waals surface area contributed by atoms with Crippen molar-refractivity contribution < 1.29 is 9.53 Å². The van der Waals surface area contributed by atoms with Gasteiger partial charge in [-0.1, -0.05) is 41.4 Å². The Bertz CT molecular complexity index is 572. The zero-order valence-corrected chi connectivity index (χ0v) is 10.8. The number of carbonyl (C=O) groups is 1. The maximum atomic E-state index is 11.8. The topological polar surface area (TPSA) is 39.2 Å². The van der Waals surface area contributed by atoms with Crippen LogP contribution >= 0.6 is 23.2 Å². The molecule has 1 heterocycles. The summed E-state index contributed by atoms with van der Waals surface area (Å²) in [4.78, 5) is 15.6. The summed E-state index contributed by atoms with van der Waals surface area (Å²) < 4.78 is 5.13. The molecule has 0 radical (unpaired) electrons. The van der Waals surface area contributed by atoms with Crippen LogP contribution in [0.4, 0.5) is 0 Å². The van der Waals surface area contributed by atoms with E-state index in [2.05, 4.69) is 4.98 Å². The fourth-order valence-corrected chi connectivity index (χ4v) is 1.74. The van der Waals surface area contributed by atoms with Crippen LogP contribution in [0.2, 0.25) is 10.0 Å². The molecule has 0 saturated carbocycles. The molecule has 0 spiro atoms. The molecule has 0 amide bonds. The number of carbonyl (C=O) groups excluding carboxylic acids is 1. The van der Waals surface area contributed by atoms with Gasteiger partial charge in [0.1, 0.15) is 6.61 Å². The van der Waals surface area contributed by atoms with E-state index in [9.17, 15) is 4.79 Å². The highest BCUT2D eigenvalue weighted by Gasteiger charge is 2.12. The molecule has 0 atom stereocenters. The lowest BCUT2D eigenvalue weighted by atomic mass is 10.2. The third-order valence-electron chi connectivity index (χ3n) is 2.30. The van der Waals surface area contributed by atoms with Gasteiger partial charge in [0.15, 0.2) is 0 Å². The molecule has 0 unspecified atom stereocenters. The summed E-state index contributed by atoms with van der Waals surface area (Å²) in [5, 5.41) is 0.872. The molecule has 0 aliphatic carbocycles. The summed E-state index contributed by atoms with van der Waals surface area (Å²) >= 11 is 11.8. The molecule has 2 aromatic rings. The third kappa shape index (κ3) is 3.00. The van der Waals surface area contributed by atoms with Crippen molar-refractivity contribution in [2.75, 3.05) is 0 Å². The van der Waals surface area contributed by atoms with Crippen LogP contribution in [0.1, 0.15) is 15.9 Å². The number of benzene rings is 1. The van der Waals surface area contributed by atoms with Crippen molar-refractivity contribution in [3.05, 3.63) is 63.9 Å². The number of ether oxygens (including phenoxy) is 1. The summed E-state index contributed by atoms with van der Waals surface area (Å²) in [5.41, 5.74) is 0.985. The van der Waals surface area contributed by atoms with Crippen molar-refractivity contribution in [1.29, 1.82) is 0 Å². The average Bonchev–Trinajstić information content (AvgIpc) is 2.38. The molecule has 92 valence electrons. The van der Waals surface area contributed by atoms with Gasteiger partial charge in [0.25, 0.3) is 0 Å². The minimum Gasteiger partial charge on any atom is -0.457 e. The van der Waals surface area contributed by atoms with Gasteiger partial charge in [0, 0.05) is 23.0 Å². The molecule has 0 bridgehead atoms. The predicted octanol–water partition coefficient (Wildman–Crippen LogP) is 3.75. The highest BCUT2D eigenvalue weighted by Crippen LogP contribution is 2.18. The van der Waals surface area contributed by atoms with E-state index >= 15 is 0 Å². The summed E-state index contributed by atoms with van der Waals surface area (Å²) in [6.07, 6.45) is 2.88. The highest BCUT2D eigenvalue weighted by molar-refractivity contribution is 6.33. The largest absolute Gasteiger partial charge is 0.457 e. The van der Waals surface area contributed by atoms with Crippen LogP contribution in [-0.4, -0.2) is 11.0 Å². The van der Waals surface area contributed by atoms with E-state index in [-0.39, 0.29) is 12.2 Å². The fraction of sp³-hybridized carbons (Fsp3) is 0.0769. The molecule has 1 aromatic heterocycles. The Kier molecular flexibility index (Phi) is 4.18. The fourth-order valence-electron chi connectivity index (χ4n) is 1.36. The van der Waals surface area contributed by atoms with Crippen molar-refractivity contribution in [1.82, 2.24) is 4.98 Å². The standard InChI is InChI=1S/C13H9Cl2NO2/c14-11-4-2-1-3-9(11)8-18-13(17)10-7-16-6-5-12(10)15/h1-7H,8H2. The lowest BCUT2D eigenvalue weighted by molar-refractivity contribution is 0.0472. The molecule has 0 saturated heterocycles. The van der Waals surface area contributed by atoms with Crippen LogP contribution in [0.15, 0.2) is 42.7 Å². The quantitative estimate of drug-likeness (QED) is 0.805. The monoisotopic (exact) mass is 281 g/mol. The molecule has 0 aliphatic rings. The normalized spacial score (nSPS) is 10.1.